The van der Waals surface area contributed by atoms with Crippen LogP contribution in [0.25, 0.3) is 11.3 Å². The molecule has 0 fully saturated rings. The molecule has 2 heterocycles. The Labute approximate surface area is 133 Å². The molecule has 1 aromatic heterocycles. The first-order valence-corrected chi connectivity index (χ1v) is 8.97. The van der Waals surface area contributed by atoms with Crippen LogP contribution in [0.1, 0.15) is 17.5 Å². The molecule has 1 aromatic carbocycles. The van der Waals surface area contributed by atoms with Crippen LogP contribution in [0.15, 0.2) is 33.0 Å². The number of benzene rings is 1. The van der Waals surface area contributed by atoms with Crippen molar-refractivity contribution >= 4 is 15.5 Å². The number of rotatable bonds is 3. The molecule has 0 aliphatic carbocycles. The summed E-state index contributed by atoms with van der Waals surface area (Å²) in [5.74, 6) is 0. The fourth-order valence-electron chi connectivity index (χ4n) is 2.75. The Kier molecular flexibility index (Phi) is 3.63. The van der Waals surface area contributed by atoms with Gasteiger partial charge in [0.1, 0.15) is 6.61 Å². The van der Waals surface area contributed by atoms with Gasteiger partial charge < -0.3 is 4.84 Å². The summed E-state index contributed by atoms with van der Waals surface area (Å²) in [5.41, 5.74) is 3.17. The largest absolute Gasteiger partial charge is 0.395 e. The maximum atomic E-state index is 12.1. The van der Waals surface area contributed by atoms with Crippen LogP contribution in [0.2, 0.25) is 0 Å². The second-order valence-corrected chi connectivity index (χ2v) is 7.56. The lowest BCUT2D eigenvalue weighted by Gasteiger charge is -2.14. The molecule has 0 radical (unpaired) electrons. The number of nitrogens with zero attached hydrogens (tertiary/aromatic N) is 2. The van der Waals surface area contributed by atoms with Gasteiger partial charge in [0.25, 0.3) is 5.56 Å². The first-order valence-electron chi connectivity index (χ1n) is 7.08. The predicted octanol–water partition coefficient (Wildman–Crippen LogP) is 1.22. The maximum Gasteiger partial charge on any atom is 0.266 e. The number of aromatic nitrogens is 2. The van der Waals surface area contributed by atoms with E-state index in [1.165, 1.54) is 17.0 Å². The third-order valence-corrected chi connectivity index (χ3v) is 5.04. The Morgan fingerprint density at radius 2 is 2.09 bits per heavy atom. The second kappa shape index (κ2) is 5.38. The summed E-state index contributed by atoms with van der Waals surface area (Å²) in [4.78, 5) is 16.9. The standard InChI is InChI=1S/C15H17N3O4S/c1-9-10(12-8-14(19)18(2)16-12)4-5-13(23(3,20)21)15(9)11-6-7-22-17-11/h4-5,8,16H,6-7H2,1-3H3. The van der Waals surface area contributed by atoms with Crippen LogP contribution in [0.5, 0.6) is 0 Å². The van der Waals surface area contributed by atoms with Gasteiger partial charge in [-0.15, -0.1) is 0 Å². The van der Waals surface area contributed by atoms with Gasteiger partial charge in [0.05, 0.1) is 16.3 Å². The molecule has 23 heavy (non-hydrogen) atoms. The van der Waals surface area contributed by atoms with Crippen LogP contribution in [0.4, 0.5) is 0 Å². The highest BCUT2D eigenvalue weighted by Crippen LogP contribution is 2.31. The lowest BCUT2D eigenvalue weighted by atomic mass is 9.96. The number of aromatic amines is 1. The third-order valence-electron chi connectivity index (χ3n) is 3.90. The molecule has 3 rings (SSSR count). The summed E-state index contributed by atoms with van der Waals surface area (Å²) in [7, 11) is -1.78. The van der Waals surface area contributed by atoms with Crippen LogP contribution in [-0.2, 0) is 21.7 Å². The molecule has 1 aliphatic heterocycles. The van der Waals surface area contributed by atoms with Crippen molar-refractivity contribution < 1.29 is 13.3 Å². The summed E-state index contributed by atoms with van der Waals surface area (Å²) in [6.45, 7) is 2.26. The molecule has 0 spiro atoms. The van der Waals surface area contributed by atoms with Crippen molar-refractivity contribution in [1.29, 1.82) is 0 Å². The maximum absolute atomic E-state index is 12.1. The molecule has 0 atom stereocenters. The Hall–Kier alpha value is -2.35. The van der Waals surface area contributed by atoms with E-state index >= 15 is 0 Å². The molecule has 1 aliphatic rings. The summed E-state index contributed by atoms with van der Waals surface area (Å²) in [6.07, 6.45) is 1.73. The first kappa shape index (κ1) is 15.5. The molecule has 0 saturated heterocycles. The van der Waals surface area contributed by atoms with Crippen molar-refractivity contribution in [3.63, 3.8) is 0 Å². The number of sulfone groups is 1. The van der Waals surface area contributed by atoms with E-state index in [4.69, 9.17) is 4.84 Å². The summed E-state index contributed by atoms with van der Waals surface area (Å²) in [5, 5.41) is 6.93. The monoisotopic (exact) mass is 335 g/mol. The quantitative estimate of drug-likeness (QED) is 0.912. The van der Waals surface area contributed by atoms with Crippen molar-refractivity contribution in [2.45, 2.75) is 18.2 Å². The minimum absolute atomic E-state index is 0.158. The molecule has 1 N–H and O–H groups in total. The smallest absolute Gasteiger partial charge is 0.266 e. The minimum Gasteiger partial charge on any atom is -0.395 e. The van der Waals surface area contributed by atoms with E-state index in [-0.39, 0.29) is 10.5 Å². The topological polar surface area (TPSA) is 93.5 Å². The first-order chi connectivity index (χ1) is 10.8. The Balaban J connectivity index is 2.29. The molecular formula is C15H17N3O4S. The highest BCUT2D eigenvalue weighted by atomic mass is 32.2. The van der Waals surface area contributed by atoms with Crippen molar-refractivity contribution in [1.82, 2.24) is 9.78 Å². The minimum atomic E-state index is -3.41. The Morgan fingerprint density at radius 1 is 1.35 bits per heavy atom. The molecule has 2 aromatic rings. The van der Waals surface area contributed by atoms with Crippen LogP contribution >= 0.6 is 0 Å². The summed E-state index contributed by atoms with van der Waals surface area (Å²) >= 11 is 0. The molecule has 8 heteroatoms. The number of hydrogen-bond donors (Lipinski definition) is 1. The van der Waals surface area contributed by atoms with Gasteiger partial charge in [-0.2, -0.15) is 0 Å². The lowest BCUT2D eigenvalue weighted by molar-refractivity contribution is 0.174. The zero-order chi connectivity index (χ0) is 16.8. The predicted molar refractivity (Wildman–Crippen MR) is 86.4 cm³/mol. The molecule has 0 amide bonds. The van der Waals surface area contributed by atoms with Crippen LogP contribution < -0.4 is 5.56 Å². The van der Waals surface area contributed by atoms with E-state index < -0.39 is 9.84 Å². The van der Waals surface area contributed by atoms with E-state index in [9.17, 15) is 13.2 Å². The van der Waals surface area contributed by atoms with E-state index in [1.54, 1.807) is 19.2 Å². The number of nitrogens with one attached hydrogen (secondary N) is 1. The fraction of sp³-hybridized carbons (Fsp3) is 0.333. The fourth-order valence-corrected chi connectivity index (χ4v) is 3.71. The highest BCUT2D eigenvalue weighted by molar-refractivity contribution is 7.90. The van der Waals surface area contributed by atoms with Crippen LogP contribution in [-0.4, -0.2) is 36.8 Å². The van der Waals surface area contributed by atoms with E-state index in [0.29, 0.717) is 30.0 Å². The van der Waals surface area contributed by atoms with Gasteiger partial charge in [0.2, 0.25) is 0 Å². The molecule has 122 valence electrons. The van der Waals surface area contributed by atoms with Gasteiger partial charge in [-0.25, -0.2) is 8.42 Å². The SMILES string of the molecule is Cc1c(-c2cc(=O)n(C)[nH]2)ccc(S(C)(=O)=O)c1C1=NOCC1. The number of oxime groups is 1. The molecule has 0 saturated carbocycles. The third kappa shape index (κ3) is 2.70. The zero-order valence-corrected chi connectivity index (χ0v) is 13.9. The number of aryl methyl sites for hydroxylation is 1. The van der Waals surface area contributed by atoms with Gasteiger partial charge in [-0.1, -0.05) is 11.2 Å². The molecule has 7 nitrogen and oxygen atoms in total. The van der Waals surface area contributed by atoms with E-state index in [2.05, 4.69) is 10.3 Å². The van der Waals surface area contributed by atoms with Crippen molar-refractivity contribution in [2.24, 2.45) is 12.2 Å². The summed E-state index contributed by atoms with van der Waals surface area (Å²) in [6, 6.07) is 4.75. The average molecular weight is 335 g/mol. The van der Waals surface area contributed by atoms with E-state index in [0.717, 1.165) is 11.1 Å². The second-order valence-electron chi connectivity index (χ2n) is 5.57. The lowest BCUT2D eigenvalue weighted by Crippen LogP contribution is -2.11. The molecule has 0 unspecified atom stereocenters. The van der Waals surface area contributed by atoms with Crippen molar-refractivity contribution in [2.75, 3.05) is 12.9 Å². The normalized spacial score (nSPS) is 14.7. The van der Waals surface area contributed by atoms with Gasteiger partial charge in [0.15, 0.2) is 9.84 Å². The average Bonchev–Trinajstić information content (AvgIpc) is 3.08. The zero-order valence-electron chi connectivity index (χ0n) is 13.1. The van der Waals surface area contributed by atoms with Gasteiger partial charge >= 0.3 is 0 Å². The van der Waals surface area contributed by atoms with E-state index in [1.807, 2.05) is 6.92 Å². The summed E-state index contributed by atoms with van der Waals surface area (Å²) < 4.78 is 25.6. The highest BCUT2D eigenvalue weighted by Gasteiger charge is 2.24. The van der Waals surface area contributed by atoms with Gasteiger partial charge in [-0.3, -0.25) is 14.6 Å². The Morgan fingerprint density at radius 3 is 2.61 bits per heavy atom. The van der Waals surface area contributed by atoms with Crippen molar-refractivity contribution in [3.05, 3.63) is 39.7 Å². The van der Waals surface area contributed by atoms with Gasteiger partial charge in [-0.05, 0) is 18.6 Å². The molecular weight excluding hydrogens is 318 g/mol. The van der Waals surface area contributed by atoms with Crippen LogP contribution in [0.3, 0.4) is 0 Å². The Bertz CT molecular complexity index is 967. The molecule has 0 bridgehead atoms. The van der Waals surface area contributed by atoms with Gasteiger partial charge in [0, 0.05) is 36.9 Å². The van der Waals surface area contributed by atoms with Crippen LogP contribution in [0, 0.1) is 6.92 Å². The number of hydrogen-bond acceptors (Lipinski definition) is 5. The number of H-pyrrole nitrogens is 1. The van der Waals surface area contributed by atoms with Crippen molar-refractivity contribution in [3.8, 4) is 11.3 Å².